The lowest BCUT2D eigenvalue weighted by Gasteiger charge is -2.24. The summed E-state index contributed by atoms with van der Waals surface area (Å²) in [6, 6.07) is 7.42. The third-order valence-electron chi connectivity index (χ3n) is 3.62. The first-order chi connectivity index (χ1) is 10.8. The number of likely N-dealkylation sites (N-methyl/N-ethyl adjacent to an activating group) is 1. The first-order valence-electron chi connectivity index (χ1n) is 7.55. The number of nitrogens with two attached hydrogens (primary N) is 1. The van der Waals surface area contributed by atoms with E-state index in [-0.39, 0.29) is 5.91 Å². The number of nitrogens with zero attached hydrogens (tertiary/aromatic N) is 3. The predicted molar refractivity (Wildman–Crippen MR) is 97.1 cm³/mol. The molecule has 1 aromatic rings. The van der Waals surface area contributed by atoms with Gasteiger partial charge in [-0.3, -0.25) is 4.79 Å². The topological polar surface area (TPSA) is 61.9 Å². The summed E-state index contributed by atoms with van der Waals surface area (Å²) in [6.45, 7) is 13.3. The van der Waals surface area contributed by atoms with E-state index in [9.17, 15) is 4.79 Å². The van der Waals surface area contributed by atoms with Crippen molar-refractivity contribution in [1.82, 2.24) is 4.90 Å². The van der Waals surface area contributed by atoms with Crippen LogP contribution in [-0.4, -0.2) is 30.6 Å². The number of benzene rings is 1. The molecular weight excluding hydrogens is 288 g/mol. The molecule has 0 aliphatic rings. The molecule has 0 saturated carbocycles. The Balaban J connectivity index is 2.98. The highest BCUT2D eigenvalue weighted by Gasteiger charge is 2.18. The predicted octanol–water partition coefficient (Wildman–Crippen LogP) is 3.03. The summed E-state index contributed by atoms with van der Waals surface area (Å²) in [7, 11) is 1.67. The molecule has 1 amide bonds. The fourth-order valence-electron chi connectivity index (χ4n) is 2.12. The van der Waals surface area contributed by atoms with Gasteiger partial charge in [0.2, 0.25) is 5.91 Å². The Morgan fingerprint density at radius 1 is 1.48 bits per heavy atom. The summed E-state index contributed by atoms with van der Waals surface area (Å²) in [5, 5.41) is 5.76. The number of aryl methyl sites for hydroxylation is 1. The first kappa shape index (κ1) is 18.6. The van der Waals surface area contributed by atoms with Gasteiger partial charge in [-0.15, -0.1) is 0 Å². The van der Waals surface area contributed by atoms with Gasteiger partial charge in [-0.1, -0.05) is 25.6 Å². The van der Waals surface area contributed by atoms with Gasteiger partial charge in [-0.05, 0) is 44.0 Å². The normalized spacial score (nSPS) is 12.5. The van der Waals surface area contributed by atoms with Crippen molar-refractivity contribution in [2.24, 2.45) is 10.8 Å². The quantitative estimate of drug-likeness (QED) is 0.478. The van der Waals surface area contributed by atoms with Crippen molar-refractivity contribution in [2.75, 3.05) is 12.1 Å². The average molecular weight is 314 g/mol. The fourth-order valence-corrected chi connectivity index (χ4v) is 2.12. The first-order valence-corrected chi connectivity index (χ1v) is 7.55. The molecule has 0 aliphatic heterocycles. The lowest BCUT2D eigenvalue weighted by molar-refractivity contribution is -0.129. The fraction of sp³-hybridized carbons (Fsp3) is 0.333. The average Bonchev–Trinajstić information content (AvgIpc) is 2.53. The molecule has 1 aromatic carbocycles. The number of hydrogen-bond acceptors (Lipinski definition) is 4. The Morgan fingerprint density at radius 3 is 2.65 bits per heavy atom. The number of rotatable bonds is 7. The molecule has 0 bridgehead atoms. The van der Waals surface area contributed by atoms with E-state index in [1.165, 1.54) is 4.90 Å². The van der Waals surface area contributed by atoms with E-state index >= 15 is 0 Å². The zero-order valence-corrected chi connectivity index (χ0v) is 14.4. The summed E-state index contributed by atoms with van der Waals surface area (Å²) in [6.07, 6.45) is 2.38. The smallest absolute Gasteiger partial charge is 0.243 e. The number of amides is 1. The monoisotopic (exact) mass is 314 g/mol. The summed E-state index contributed by atoms with van der Waals surface area (Å²) >= 11 is 0. The van der Waals surface area contributed by atoms with Crippen LogP contribution < -0.4 is 10.7 Å². The second kappa shape index (κ2) is 8.29. The molecule has 23 heavy (non-hydrogen) atoms. The maximum Gasteiger partial charge on any atom is 0.243 e. The molecule has 0 fully saturated rings. The number of hydrogen-bond donors (Lipinski definition) is 1. The Kier molecular flexibility index (Phi) is 6.72. The van der Waals surface area contributed by atoms with Crippen molar-refractivity contribution in [3.8, 4) is 0 Å². The van der Waals surface area contributed by atoms with E-state index in [4.69, 9.17) is 5.73 Å². The van der Waals surface area contributed by atoms with Crippen LogP contribution in [0.5, 0.6) is 0 Å². The van der Waals surface area contributed by atoms with Crippen molar-refractivity contribution in [3.63, 3.8) is 0 Å². The van der Waals surface area contributed by atoms with Crippen LogP contribution in [0.3, 0.4) is 0 Å². The number of anilines is 1. The van der Waals surface area contributed by atoms with Crippen LogP contribution in [0.2, 0.25) is 0 Å². The number of hydrazone groups is 1. The minimum absolute atomic E-state index is 0.157. The third-order valence-corrected chi connectivity index (χ3v) is 3.62. The van der Waals surface area contributed by atoms with Gasteiger partial charge in [0.25, 0.3) is 0 Å². The van der Waals surface area contributed by atoms with Crippen molar-refractivity contribution < 1.29 is 4.79 Å². The lowest BCUT2D eigenvalue weighted by atomic mass is 10.2. The largest absolute Gasteiger partial charge is 0.320 e. The maximum atomic E-state index is 12.1. The minimum Gasteiger partial charge on any atom is -0.320 e. The van der Waals surface area contributed by atoms with Crippen LogP contribution in [0.25, 0.3) is 0 Å². The van der Waals surface area contributed by atoms with E-state index < -0.39 is 6.04 Å². The number of carbonyl (C=O) groups is 1. The van der Waals surface area contributed by atoms with Gasteiger partial charge in [0.15, 0.2) is 0 Å². The van der Waals surface area contributed by atoms with Gasteiger partial charge in [0.1, 0.15) is 0 Å². The molecule has 5 nitrogen and oxygen atoms in total. The molecule has 0 heterocycles. The summed E-state index contributed by atoms with van der Waals surface area (Å²) in [5.41, 5.74) is 9.18. The van der Waals surface area contributed by atoms with E-state index in [0.29, 0.717) is 12.1 Å². The molecule has 0 aliphatic carbocycles. The van der Waals surface area contributed by atoms with Crippen LogP contribution >= 0.6 is 0 Å². The highest BCUT2D eigenvalue weighted by atomic mass is 16.2. The van der Waals surface area contributed by atoms with Gasteiger partial charge in [-0.2, -0.15) is 5.10 Å². The maximum absolute atomic E-state index is 12.1. The minimum atomic E-state index is -0.518. The number of carbonyl (C=O) groups excluding carboxylic acids is 1. The number of allylic oxidation sites excluding steroid dienone is 2. The Hall–Kier alpha value is -2.40. The van der Waals surface area contributed by atoms with E-state index in [1.54, 1.807) is 18.1 Å². The van der Waals surface area contributed by atoms with Crippen molar-refractivity contribution >= 4 is 18.3 Å². The highest BCUT2D eigenvalue weighted by Crippen LogP contribution is 2.21. The van der Waals surface area contributed by atoms with Gasteiger partial charge in [0.05, 0.1) is 11.7 Å². The molecule has 0 spiro atoms. The Morgan fingerprint density at radius 2 is 2.13 bits per heavy atom. The van der Waals surface area contributed by atoms with Crippen LogP contribution in [0.4, 0.5) is 5.69 Å². The molecule has 0 saturated heterocycles. The molecule has 0 unspecified atom stereocenters. The van der Waals surface area contributed by atoms with E-state index in [1.807, 2.05) is 45.0 Å². The standard InChI is InChI=1S/C18H26N4O/c1-7-17(19)18(23)21(6)14(3)12-15(4)22(20-5)16-10-8-9-13(2)11-16/h8-12,17H,3,5,7,19H2,1-2,4,6H3/b15-12+/t17-/m0/s1. The van der Waals surface area contributed by atoms with Crippen molar-refractivity contribution in [2.45, 2.75) is 33.2 Å². The Bertz CT molecular complexity index is 621. The van der Waals surface area contributed by atoms with Crippen LogP contribution in [0.1, 0.15) is 25.8 Å². The molecule has 0 aromatic heterocycles. The summed E-state index contributed by atoms with van der Waals surface area (Å²) in [4.78, 5) is 13.6. The SMILES string of the molecule is C=NN(/C(C)=C/C(=C)N(C)C(=O)[C@@H](N)CC)c1cccc(C)c1. The zero-order valence-electron chi connectivity index (χ0n) is 14.4. The molecule has 1 atom stereocenters. The van der Waals surface area contributed by atoms with Crippen LogP contribution in [-0.2, 0) is 4.79 Å². The van der Waals surface area contributed by atoms with Crippen LogP contribution in [0.15, 0.2) is 53.4 Å². The Labute approximate surface area is 138 Å². The van der Waals surface area contributed by atoms with Crippen molar-refractivity contribution in [1.29, 1.82) is 0 Å². The highest BCUT2D eigenvalue weighted by molar-refractivity contribution is 5.83. The van der Waals surface area contributed by atoms with Crippen LogP contribution in [0, 0.1) is 6.92 Å². The van der Waals surface area contributed by atoms with E-state index in [2.05, 4.69) is 18.4 Å². The lowest BCUT2D eigenvalue weighted by Crippen LogP contribution is -2.40. The molecule has 0 radical (unpaired) electrons. The summed E-state index contributed by atoms with van der Waals surface area (Å²) < 4.78 is 0. The second-order valence-corrected chi connectivity index (χ2v) is 5.48. The van der Waals surface area contributed by atoms with E-state index in [0.717, 1.165) is 16.9 Å². The van der Waals surface area contributed by atoms with Gasteiger partial charge in [0, 0.05) is 25.2 Å². The molecule has 5 heteroatoms. The van der Waals surface area contributed by atoms with Gasteiger partial charge in [-0.25, -0.2) is 5.01 Å². The molecule has 2 N–H and O–H groups in total. The zero-order chi connectivity index (χ0) is 17.6. The van der Waals surface area contributed by atoms with Gasteiger partial charge < -0.3 is 10.6 Å². The molecule has 1 rings (SSSR count). The third kappa shape index (κ3) is 4.79. The van der Waals surface area contributed by atoms with Gasteiger partial charge >= 0.3 is 0 Å². The molecular formula is C18H26N4O. The van der Waals surface area contributed by atoms with Crippen molar-refractivity contribution in [3.05, 3.63) is 53.9 Å². The summed E-state index contributed by atoms with van der Waals surface area (Å²) in [5.74, 6) is -0.157. The molecule has 124 valence electrons. The second-order valence-electron chi connectivity index (χ2n) is 5.48.